The van der Waals surface area contributed by atoms with E-state index in [2.05, 4.69) is 0 Å². The van der Waals surface area contributed by atoms with Crippen molar-refractivity contribution in [3.8, 4) is 5.75 Å². The smallest absolute Gasteiger partial charge is 0.196 e. The normalized spacial score (nSPS) is 17.1. The maximum Gasteiger partial charge on any atom is 0.196 e. The highest BCUT2D eigenvalue weighted by Gasteiger charge is 2.22. The number of rotatable bonds is 2. The molecular formula is C16H16O3. The lowest BCUT2D eigenvalue weighted by molar-refractivity contribution is 0.103. The lowest BCUT2D eigenvalue weighted by Crippen LogP contribution is -2.05. The summed E-state index contributed by atoms with van der Waals surface area (Å²) in [7, 11) is 0. The van der Waals surface area contributed by atoms with Gasteiger partial charge in [-0.15, -0.1) is 0 Å². The molecular weight excluding hydrogens is 240 g/mol. The second-order valence-electron chi connectivity index (χ2n) is 5.11. The average molecular weight is 256 g/mol. The van der Waals surface area contributed by atoms with E-state index in [-0.39, 0.29) is 11.9 Å². The molecule has 2 aromatic rings. The van der Waals surface area contributed by atoms with E-state index in [9.17, 15) is 4.79 Å². The van der Waals surface area contributed by atoms with Gasteiger partial charge in [-0.2, -0.15) is 0 Å². The number of ketones is 1. The second-order valence-corrected chi connectivity index (χ2v) is 5.11. The first-order valence-electron chi connectivity index (χ1n) is 6.46. The van der Waals surface area contributed by atoms with Gasteiger partial charge in [-0.25, -0.2) is 0 Å². The lowest BCUT2D eigenvalue weighted by atomic mass is 10.00. The summed E-state index contributed by atoms with van der Waals surface area (Å²) in [6.45, 7) is 5.70. The summed E-state index contributed by atoms with van der Waals surface area (Å²) in [5.41, 5.74) is 2.45. The van der Waals surface area contributed by atoms with Crippen LogP contribution >= 0.6 is 0 Å². The fourth-order valence-corrected chi connectivity index (χ4v) is 2.58. The third-order valence-corrected chi connectivity index (χ3v) is 3.44. The van der Waals surface area contributed by atoms with Crippen molar-refractivity contribution in [3.05, 3.63) is 52.5 Å². The zero-order valence-electron chi connectivity index (χ0n) is 11.3. The molecule has 3 nitrogen and oxygen atoms in total. The van der Waals surface area contributed by atoms with Crippen molar-refractivity contribution in [2.45, 2.75) is 33.3 Å². The van der Waals surface area contributed by atoms with E-state index in [0.717, 1.165) is 23.5 Å². The molecule has 1 aromatic carbocycles. The van der Waals surface area contributed by atoms with Crippen molar-refractivity contribution < 1.29 is 13.9 Å². The van der Waals surface area contributed by atoms with Crippen LogP contribution in [0, 0.1) is 13.8 Å². The Hall–Kier alpha value is -2.03. The molecule has 98 valence electrons. The quantitative estimate of drug-likeness (QED) is 0.772. The van der Waals surface area contributed by atoms with Crippen molar-refractivity contribution in [3.63, 3.8) is 0 Å². The van der Waals surface area contributed by atoms with Crippen LogP contribution in [-0.2, 0) is 6.42 Å². The topological polar surface area (TPSA) is 39.4 Å². The van der Waals surface area contributed by atoms with Gasteiger partial charge in [0, 0.05) is 12.0 Å². The number of ether oxygens (including phenoxy) is 1. The van der Waals surface area contributed by atoms with Crippen LogP contribution < -0.4 is 4.74 Å². The average Bonchev–Trinajstić information content (AvgIpc) is 2.88. The van der Waals surface area contributed by atoms with E-state index in [1.165, 1.54) is 0 Å². The van der Waals surface area contributed by atoms with Crippen LogP contribution in [0.1, 0.15) is 39.9 Å². The molecule has 1 unspecified atom stereocenters. The van der Waals surface area contributed by atoms with Gasteiger partial charge in [-0.1, -0.05) is 0 Å². The molecule has 1 atom stereocenters. The van der Waals surface area contributed by atoms with Gasteiger partial charge in [0.2, 0.25) is 0 Å². The number of hydrogen-bond donors (Lipinski definition) is 0. The van der Waals surface area contributed by atoms with Crippen LogP contribution in [0.15, 0.2) is 28.7 Å². The monoisotopic (exact) mass is 256 g/mol. The van der Waals surface area contributed by atoms with Gasteiger partial charge in [0.05, 0.1) is 5.56 Å². The zero-order chi connectivity index (χ0) is 13.6. The van der Waals surface area contributed by atoms with Gasteiger partial charge in [0.25, 0.3) is 0 Å². The fraction of sp³-hybridized carbons (Fsp3) is 0.312. The van der Waals surface area contributed by atoms with E-state index in [0.29, 0.717) is 16.9 Å². The Labute approximate surface area is 112 Å². The van der Waals surface area contributed by atoms with Gasteiger partial charge < -0.3 is 9.15 Å². The van der Waals surface area contributed by atoms with E-state index < -0.39 is 0 Å². The Balaban J connectivity index is 1.97. The number of fused-ring (bicyclic) bond motifs is 1. The Morgan fingerprint density at radius 3 is 2.74 bits per heavy atom. The molecule has 0 radical (unpaired) electrons. The first-order valence-corrected chi connectivity index (χ1v) is 6.46. The minimum Gasteiger partial charge on any atom is -0.490 e. The maximum atomic E-state index is 12.5. The first-order chi connectivity index (χ1) is 9.04. The molecule has 0 saturated heterocycles. The molecule has 0 saturated carbocycles. The fourth-order valence-electron chi connectivity index (χ4n) is 2.58. The van der Waals surface area contributed by atoms with Crippen molar-refractivity contribution in [2.24, 2.45) is 0 Å². The summed E-state index contributed by atoms with van der Waals surface area (Å²) in [4.78, 5) is 12.5. The van der Waals surface area contributed by atoms with Crippen molar-refractivity contribution in [2.75, 3.05) is 0 Å². The number of aryl methyl sites for hydroxylation is 2. The Kier molecular flexibility index (Phi) is 2.70. The summed E-state index contributed by atoms with van der Waals surface area (Å²) < 4.78 is 11.1. The summed E-state index contributed by atoms with van der Waals surface area (Å²) in [6, 6.07) is 7.43. The van der Waals surface area contributed by atoms with E-state index in [1.54, 1.807) is 6.07 Å². The van der Waals surface area contributed by atoms with Crippen molar-refractivity contribution in [1.82, 2.24) is 0 Å². The van der Waals surface area contributed by atoms with Crippen LogP contribution in [-0.4, -0.2) is 11.9 Å². The molecule has 1 aliphatic rings. The van der Waals surface area contributed by atoms with Crippen LogP contribution in [0.5, 0.6) is 5.75 Å². The zero-order valence-corrected chi connectivity index (χ0v) is 11.3. The molecule has 0 spiro atoms. The second kappa shape index (κ2) is 4.26. The van der Waals surface area contributed by atoms with Gasteiger partial charge in [0.15, 0.2) is 5.78 Å². The van der Waals surface area contributed by atoms with Crippen molar-refractivity contribution >= 4 is 5.78 Å². The summed E-state index contributed by atoms with van der Waals surface area (Å²) in [5.74, 6) is 2.34. The molecule has 2 heterocycles. The number of furan rings is 1. The predicted octanol–water partition coefficient (Wildman–Crippen LogP) is 3.45. The van der Waals surface area contributed by atoms with E-state index in [1.807, 2.05) is 39.0 Å². The first kappa shape index (κ1) is 12.0. The van der Waals surface area contributed by atoms with Crippen LogP contribution in [0.2, 0.25) is 0 Å². The molecule has 0 amide bonds. The van der Waals surface area contributed by atoms with Gasteiger partial charge in [-0.05, 0) is 50.6 Å². The van der Waals surface area contributed by atoms with E-state index in [4.69, 9.17) is 9.15 Å². The van der Waals surface area contributed by atoms with E-state index >= 15 is 0 Å². The molecule has 3 heteroatoms. The molecule has 0 fully saturated rings. The maximum absolute atomic E-state index is 12.5. The molecule has 3 rings (SSSR count). The number of benzene rings is 1. The minimum absolute atomic E-state index is 0.0108. The Morgan fingerprint density at radius 1 is 1.26 bits per heavy atom. The molecule has 1 aliphatic heterocycles. The molecule has 0 N–H and O–H groups in total. The standard InChI is InChI=1S/C16H16O3/c1-9-6-13-8-12(4-5-15(13)19-9)16(17)14-7-10(2)18-11(14)3/h4-5,7-9H,6H2,1-3H3. The third kappa shape index (κ3) is 2.05. The SMILES string of the molecule is Cc1cc(C(=O)c2ccc3c(c2)CC(C)O3)c(C)o1. The molecule has 19 heavy (non-hydrogen) atoms. The molecule has 0 aliphatic carbocycles. The predicted molar refractivity (Wildman–Crippen MR) is 71.9 cm³/mol. The van der Waals surface area contributed by atoms with Crippen LogP contribution in [0.25, 0.3) is 0 Å². The Morgan fingerprint density at radius 2 is 2.05 bits per heavy atom. The number of carbonyl (C=O) groups is 1. The summed E-state index contributed by atoms with van der Waals surface area (Å²) in [5, 5.41) is 0. The van der Waals surface area contributed by atoms with Gasteiger partial charge in [-0.3, -0.25) is 4.79 Å². The minimum atomic E-state index is 0.0108. The Bertz CT molecular complexity index is 652. The number of hydrogen-bond acceptors (Lipinski definition) is 3. The molecule has 1 aromatic heterocycles. The number of carbonyl (C=O) groups excluding carboxylic acids is 1. The van der Waals surface area contributed by atoms with Gasteiger partial charge in [0.1, 0.15) is 23.4 Å². The largest absolute Gasteiger partial charge is 0.490 e. The summed E-state index contributed by atoms with van der Waals surface area (Å²) in [6.07, 6.45) is 1.05. The molecule has 0 bridgehead atoms. The van der Waals surface area contributed by atoms with Gasteiger partial charge >= 0.3 is 0 Å². The highest BCUT2D eigenvalue weighted by atomic mass is 16.5. The van der Waals surface area contributed by atoms with Crippen LogP contribution in [0.4, 0.5) is 0 Å². The highest BCUT2D eigenvalue weighted by Crippen LogP contribution is 2.30. The lowest BCUT2D eigenvalue weighted by Gasteiger charge is -2.03. The highest BCUT2D eigenvalue weighted by molar-refractivity contribution is 6.09. The van der Waals surface area contributed by atoms with Crippen molar-refractivity contribution in [1.29, 1.82) is 0 Å². The van der Waals surface area contributed by atoms with Crippen LogP contribution in [0.3, 0.4) is 0 Å². The summed E-state index contributed by atoms with van der Waals surface area (Å²) >= 11 is 0. The third-order valence-electron chi connectivity index (χ3n) is 3.44.